The van der Waals surface area contributed by atoms with Gasteiger partial charge in [-0.25, -0.2) is 9.59 Å². The maximum atomic E-state index is 13.1. The predicted octanol–water partition coefficient (Wildman–Crippen LogP) is 5.31. The standard InChI is InChI=1S/C30H34N4O3.H2S/c1-23(33(19-24-11-4-2-5-12-24)20-25-13-6-3-7-14-25)22-37-30(36)32-18-10-15-26(21-32)34-28-17-9-8-16-27(28)31-29(34)35;/h2-9,11-14,16-17,23,26H,10,15,18-22H2,1H3,(H,31,35);1H2/t23-,26?;/m0./s1. The van der Waals surface area contributed by atoms with E-state index in [-0.39, 0.29) is 37.4 Å². The molecule has 3 aromatic carbocycles. The molecule has 2 heterocycles. The Morgan fingerprint density at radius 1 is 0.974 bits per heavy atom. The second-order valence-corrected chi connectivity index (χ2v) is 9.86. The third-order valence-electron chi connectivity index (χ3n) is 7.17. The number of nitrogens with zero attached hydrogens (tertiary/aromatic N) is 3. The van der Waals surface area contributed by atoms with E-state index in [4.69, 9.17) is 4.74 Å². The Morgan fingerprint density at radius 3 is 2.24 bits per heavy atom. The fourth-order valence-corrected chi connectivity index (χ4v) is 5.16. The molecular formula is C30H36N4O3S. The van der Waals surface area contributed by atoms with Gasteiger partial charge in [0.2, 0.25) is 0 Å². The summed E-state index contributed by atoms with van der Waals surface area (Å²) >= 11 is 0. The highest BCUT2D eigenvalue weighted by molar-refractivity contribution is 7.59. The first-order valence-electron chi connectivity index (χ1n) is 13.0. The number of carbonyl (C=O) groups excluding carboxylic acids is 1. The molecule has 0 aliphatic carbocycles. The lowest BCUT2D eigenvalue weighted by molar-refractivity contribution is 0.0549. The van der Waals surface area contributed by atoms with Gasteiger partial charge in [-0.1, -0.05) is 72.8 Å². The number of fused-ring (bicyclic) bond motifs is 1. The average Bonchev–Trinajstić information content (AvgIpc) is 3.28. The maximum absolute atomic E-state index is 13.1. The number of ether oxygens (including phenoxy) is 1. The normalized spacial score (nSPS) is 16.3. The Hall–Kier alpha value is -3.49. The topological polar surface area (TPSA) is 70.6 Å². The van der Waals surface area contributed by atoms with Gasteiger partial charge in [0.05, 0.1) is 17.1 Å². The number of H-pyrrole nitrogens is 1. The van der Waals surface area contributed by atoms with Crippen LogP contribution in [-0.4, -0.2) is 51.2 Å². The monoisotopic (exact) mass is 532 g/mol. The Bertz CT molecular complexity index is 1330. The van der Waals surface area contributed by atoms with Crippen molar-refractivity contribution in [3.63, 3.8) is 0 Å². The first-order valence-corrected chi connectivity index (χ1v) is 13.0. The van der Waals surface area contributed by atoms with Gasteiger partial charge in [0.25, 0.3) is 0 Å². The summed E-state index contributed by atoms with van der Waals surface area (Å²) in [6.45, 7) is 5.04. The number of hydrogen-bond acceptors (Lipinski definition) is 4. The minimum absolute atomic E-state index is 0. The molecule has 0 radical (unpaired) electrons. The first-order chi connectivity index (χ1) is 18.1. The second kappa shape index (κ2) is 12.8. The molecule has 38 heavy (non-hydrogen) atoms. The van der Waals surface area contributed by atoms with Crippen molar-refractivity contribution >= 4 is 30.6 Å². The Morgan fingerprint density at radius 2 is 1.58 bits per heavy atom. The van der Waals surface area contributed by atoms with Gasteiger partial charge in [0.15, 0.2) is 0 Å². The summed E-state index contributed by atoms with van der Waals surface area (Å²) in [6, 6.07) is 28.4. The van der Waals surface area contributed by atoms with Crippen molar-refractivity contribution in [3.8, 4) is 0 Å². The van der Waals surface area contributed by atoms with Crippen LogP contribution in [0.1, 0.15) is 36.9 Å². The van der Waals surface area contributed by atoms with Crippen LogP contribution in [0.3, 0.4) is 0 Å². The van der Waals surface area contributed by atoms with Gasteiger partial charge in [-0.2, -0.15) is 13.5 Å². The van der Waals surface area contributed by atoms with Gasteiger partial charge < -0.3 is 14.6 Å². The van der Waals surface area contributed by atoms with Gasteiger partial charge in [-0.05, 0) is 43.0 Å². The van der Waals surface area contributed by atoms with Gasteiger partial charge in [-0.15, -0.1) is 0 Å². The van der Waals surface area contributed by atoms with Crippen molar-refractivity contribution < 1.29 is 9.53 Å². The van der Waals surface area contributed by atoms with Crippen LogP contribution in [0.2, 0.25) is 0 Å². The summed E-state index contributed by atoms with van der Waals surface area (Å²) in [4.78, 5) is 32.8. The molecular weight excluding hydrogens is 496 g/mol. The highest BCUT2D eigenvalue weighted by atomic mass is 32.1. The Labute approximate surface area is 230 Å². The molecule has 0 bridgehead atoms. The van der Waals surface area contributed by atoms with Gasteiger partial charge in [-0.3, -0.25) is 9.47 Å². The van der Waals surface area contributed by atoms with E-state index in [2.05, 4.69) is 41.1 Å². The van der Waals surface area contributed by atoms with Crippen molar-refractivity contribution in [2.24, 2.45) is 0 Å². The summed E-state index contributed by atoms with van der Waals surface area (Å²) in [5.74, 6) is 0. The molecule has 1 aromatic heterocycles. The summed E-state index contributed by atoms with van der Waals surface area (Å²) in [5, 5.41) is 0. The fraction of sp³-hybridized carbons (Fsp3) is 0.333. The van der Waals surface area contributed by atoms with Crippen LogP contribution >= 0.6 is 13.5 Å². The number of piperidine rings is 1. The number of aromatic amines is 1. The van der Waals surface area contributed by atoms with Crippen LogP contribution in [0.4, 0.5) is 4.79 Å². The number of nitrogens with one attached hydrogen (secondary N) is 1. The molecule has 1 N–H and O–H groups in total. The molecule has 0 spiro atoms. The van der Waals surface area contributed by atoms with Crippen LogP contribution in [0.25, 0.3) is 11.0 Å². The minimum Gasteiger partial charge on any atom is -0.448 e. The van der Waals surface area contributed by atoms with E-state index in [1.807, 2.05) is 60.7 Å². The van der Waals surface area contributed by atoms with Crippen LogP contribution in [0, 0.1) is 0 Å². The van der Waals surface area contributed by atoms with Crippen LogP contribution in [0.15, 0.2) is 89.7 Å². The Balaban J connectivity index is 0.00000336. The van der Waals surface area contributed by atoms with E-state index in [1.165, 1.54) is 11.1 Å². The molecule has 1 saturated heterocycles. The quantitative estimate of drug-likeness (QED) is 0.334. The van der Waals surface area contributed by atoms with Crippen molar-refractivity contribution in [1.82, 2.24) is 19.4 Å². The zero-order valence-corrected chi connectivity index (χ0v) is 22.8. The third kappa shape index (κ3) is 6.49. The number of benzene rings is 3. The molecule has 1 amide bonds. The lowest BCUT2D eigenvalue weighted by Gasteiger charge is -2.34. The average molecular weight is 533 g/mol. The van der Waals surface area contributed by atoms with Crippen molar-refractivity contribution in [2.45, 2.75) is 44.9 Å². The fourth-order valence-electron chi connectivity index (χ4n) is 5.16. The molecule has 2 atom stereocenters. The number of para-hydroxylation sites is 2. The number of hydrogen-bond donors (Lipinski definition) is 1. The van der Waals surface area contributed by atoms with Crippen molar-refractivity contribution in [3.05, 3.63) is 107 Å². The summed E-state index contributed by atoms with van der Waals surface area (Å²) in [5.41, 5.74) is 4.00. The SMILES string of the molecule is C[C@@H](COC(=O)N1CCCC(n2c(=O)[nH]c3ccccc32)C1)N(Cc1ccccc1)Cc1ccccc1.S. The van der Waals surface area contributed by atoms with Gasteiger partial charge >= 0.3 is 11.8 Å². The predicted molar refractivity (Wildman–Crippen MR) is 156 cm³/mol. The van der Waals surface area contributed by atoms with Crippen molar-refractivity contribution in [1.29, 1.82) is 0 Å². The van der Waals surface area contributed by atoms with E-state index in [0.717, 1.165) is 37.0 Å². The number of rotatable bonds is 8. The zero-order chi connectivity index (χ0) is 25.6. The largest absolute Gasteiger partial charge is 0.448 e. The third-order valence-corrected chi connectivity index (χ3v) is 7.17. The highest BCUT2D eigenvalue weighted by Crippen LogP contribution is 2.24. The number of likely N-dealkylation sites (tertiary alicyclic amines) is 1. The van der Waals surface area contributed by atoms with Crippen LogP contribution < -0.4 is 5.69 Å². The summed E-state index contributed by atoms with van der Waals surface area (Å²) in [7, 11) is 0. The molecule has 8 heteroatoms. The zero-order valence-electron chi connectivity index (χ0n) is 21.8. The maximum Gasteiger partial charge on any atom is 0.409 e. The number of carbonyl (C=O) groups is 1. The van der Waals surface area contributed by atoms with Crippen LogP contribution in [-0.2, 0) is 17.8 Å². The van der Waals surface area contributed by atoms with E-state index in [1.54, 1.807) is 9.47 Å². The molecule has 200 valence electrons. The van der Waals surface area contributed by atoms with E-state index in [9.17, 15) is 9.59 Å². The first kappa shape index (κ1) is 27.5. The number of imidazole rings is 1. The lowest BCUT2D eigenvalue weighted by Crippen LogP contribution is -2.44. The molecule has 1 fully saturated rings. The smallest absolute Gasteiger partial charge is 0.409 e. The van der Waals surface area contributed by atoms with Gasteiger partial charge in [0, 0.05) is 32.2 Å². The second-order valence-electron chi connectivity index (χ2n) is 9.86. The van der Waals surface area contributed by atoms with E-state index < -0.39 is 0 Å². The van der Waals surface area contributed by atoms with Crippen LogP contribution in [0.5, 0.6) is 0 Å². The lowest BCUT2D eigenvalue weighted by atomic mass is 10.1. The molecule has 4 aromatic rings. The van der Waals surface area contributed by atoms with Crippen molar-refractivity contribution in [2.75, 3.05) is 19.7 Å². The molecule has 1 aliphatic heterocycles. The summed E-state index contributed by atoms with van der Waals surface area (Å²) in [6.07, 6.45) is 1.36. The Kier molecular flexibility index (Phi) is 9.31. The molecule has 7 nitrogen and oxygen atoms in total. The van der Waals surface area contributed by atoms with Gasteiger partial charge in [0.1, 0.15) is 6.61 Å². The van der Waals surface area contributed by atoms with E-state index >= 15 is 0 Å². The molecule has 1 aliphatic rings. The molecule has 1 unspecified atom stereocenters. The highest BCUT2D eigenvalue weighted by Gasteiger charge is 2.28. The summed E-state index contributed by atoms with van der Waals surface area (Å²) < 4.78 is 7.62. The molecule has 0 saturated carbocycles. The molecule has 5 rings (SSSR count). The number of amides is 1. The minimum atomic E-state index is -0.316. The van der Waals surface area contributed by atoms with E-state index in [0.29, 0.717) is 19.7 Å². The number of aromatic nitrogens is 2.